The molecule has 180 valence electrons. The molecule has 3 aromatic rings. The molecule has 2 aromatic heterocycles. The minimum absolute atomic E-state index is 0.124. The van der Waals surface area contributed by atoms with E-state index in [0.29, 0.717) is 16.6 Å². The summed E-state index contributed by atoms with van der Waals surface area (Å²) in [6, 6.07) is 11.5. The van der Waals surface area contributed by atoms with Crippen LogP contribution < -0.4 is 5.32 Å². The molecule has 1 aliphatic heterocycles. The maximum Gasteiger partial charge on any atom is 0.335 e. The second kappa shape index (κ2) is 9.94. The van der Waals surface area contributed by atoms with Crippen molar-refractivity contribution in [2.24, 2.45) is 0 Å². The van der Waals surface area contributed by atoms with Crippen LogP contribution in [0.1, 0.15) is 51.2 Å². The van der Waals surface area contributed by atoms with Gasteiger partial charge in [0, 0.05) is 11.8 Å². The lowest BCUT2D eigenvalue weighted by molar-refractivity contribution is -0.143. The van der Waals surface area contributed by atoms with Crippen molar-refractivity contribution < 1.29 is 33.8 Å². The Labute approximate surface area is 205 Å². The average molecular weight is 496 g/mol. The summed E-state index contributed by atoms with van der Waals surface area (Å²) in [6.45, 7) is 1.81. The fourth-order valence-electron chi connectivity index (χ4n) is 3.91. The summed E-state index contributed by atoms with van der Waals surface area (Å²) in [5.41, 5.74) is 0.590. The molecule has 4 rings (SSSR count). The van der Waals surface area contributed by atoms with Crippen molar-refractivity contribution >= 4 is 35.2 Å². The van der Waals surface area contributed by atoms with Gasteiger partial charge in [-0.05, 0) is 61.6 Å². The van der Waals surface area contributed by atoms with Gasteiger partial charge in [0.1, 0.15) is 24.1 Å². The molecule has 1 saturated heterocycles. The summed E-state index contributed by atoms with van der Waals surface area (Å²) in [7, 11) is 0. The Morgan fingerprint density at radius 3 is 2.43 bits per heavy atom. The molecule has 35 heavy (non-hydrogen) atoms. The second-order valence-electron chi connectivity index (χ2n) is 7.67. The van der Waals surface area contributed by atoms with Gasteiger partial charge in [-0.1, -0.05) is 6.07 Å². The van der Waals surface area contributed by atoms with Crippen molar-refractivity contribution in [3.05, 3.63) is 77.3 Å². The number of hydrogen-bond donors (Lipinski definition) is 3. The lowest BCUT2D eigenvalue weighted by Gasteiger charge is -2.25. The normalized spacial score (nSPS) is 17.2. The summed E-state index contributed by atoms with van der Waals surface area (Å²) in [5.74, 6) is -2.30. The summed E-state index contributed by atoms with van der Waals surface area (Å²) < 4.78 is 11.2. The molecule has 2 atom stereocenters. The fourth-order valence-corrected chi connectivity index (χ4v) is 4.22. The first-order chi connectivity index (χ1) is 16.8. The molecule has 3 heterocycles. The van der Waals surface area contributed by atoms with Crippen LogP contribution in [0.3, 0.4) is 0 Å². The third-order valence-electron chi connectivity index (χ3n) is 5.43. The Hall–Kier alpha value is -4.25. The molecule has 0 saturated carbocycles. The van der Waals surface area contributed by atoms with E-state index in [9.17, 15) is 24.6 Å². The van der Waals surface area contributed by atoms with Gasteiger partial charge >= 0.3 is 17.9 Å². The van der Waals surface area contributed by atoms with Crippen molar-refractivity contribution in [2.45, 2.75) is 19.0 Å². The number of aromatic nitrogens is 1. The van der Waals surface area contributed by atoms with Crippen LogP contribution in [-0.4, -0.2) is 56.3 Å². The van der Waals surface area contributed by atoms with E-state index in [1.807, 2.05) is 12.1 Å². The molecule has 1 aliphatic rings. The number of carbonyl (C=O) groups excluding carboxylic acids is 1. The zero-order valence-electron chi connectivity index (χ0n) is 18.5. The van der Waals surface area contributed by atoms with Gasteiger partial charge in [-0.2, -0.15) is 0 Å². The van der Waals surface area contributed by atoms with Gasteiger partial charge in [0.05, 0.1) is 29.5 Å². The Morgan fingerprint density at radius 2 is 1.83 bits per heavy atom. The topological polar surface area (TPSA) is 142 Å². The molecule has 1 fully saturated rings. The number of pyridine rings is 1. The molecular weight excluding hydrogens is 474 g/mol. The van der Waals surface area contributed by atoms with Gasteiger partial charge in [0.2, 0.25) is 0 Å². The van der Waals surface area contributed by atoms with Gasteiger partial charge in [0.25, 0.3) is 0 Å². The Morgan fingerprint density at radius 1 is 1.11 bits per heavy atom. The highest BCUT2D eigenvalue weighted by Crippen LogP contribution is 2.40. The predicted molar refractivity (Wildman–Crippen MR) is 127 cm³/mol. The largest absolute Gasteiger partial charge is 0.478 e. The molecule has 3 N–H and O–H groups in total. The molecule has 1 aromatic carbocycles. The van der Waals surface area contributed by atoms with E-state index < -0.39 is 30.0 Å². The van der Waals surface area contributed by atoms with E-state index in [4.69, 9.17) is 21.4 Å². The van der Waals surface area contributed by atoms with Gasteiger partial charge in [-0.15, -0.1) is 0 Å². The van der Waals surface area contributed by atoms with Crippen molar-refractivity contribution in [1.82, 2.24) is 15.2 Å². The number of aromatic carboxylic acids is 2. The standard InChI is InChI=1S/C24H21N3O7S/c1-2-33-19(28)12-27-21(20(26-24(27)35)16-5-3-4-8-25-16)18-7-6-17(34-18)13-9-14(22(29)30)11-15(10-13)23(31)32/h3-11,20-21H,2,12H2,1H3,(H,26,35)(H,29,30)(H,31,32)/t20-,21-/m0/s1. The van der Waals surface area contributed by atoms with Crippen LogP contribution in [0.5, 0.6) is 0 Å². The Bertz CT molecular complexity index is 1260. The number of nitrogens with zero attached hydrogens (tertiary/aromatic N) is 2. The van der Waals surface area contributed by atoms with Crippen LogP contribution in [0.4, 0.5) is 0 Å². The maximum atomic E-state index is 12.3. The van der Waals surface area contributed by atoms with Crippen LogP contribution in [0.15, 0.2) is 59.1 Å². The van der Waals surface area contributed by atoms with E-state index in [1.54, 1.807) is 36.2 Å². The number of carboxylic acids is 2. The number of hydrogen-bond acceptors (Lipinski definition) is 7. The van der Waals surface area contributed by atoms with Crippen LogP contribution in [0.25, 0.3) is 11.3 Å². The average Bonchev–Trinajstić information content (AvgIpc) is 3.44. The number of rotatable bonds is 8. The van der Waals surface area contributed by atoms with Gasteiger partial charge in [0.15, 0.2) is 5.11 Å². The third-order valence-corrected chi connectivity index (χ3v) is 5.78. The summed E-state index contributed by atoms with van der Waals surface area (Å²) in [6.07, 6.45) is 1.64. The van der Waals surface area contributed by atoms with Crippen molar-refractivity contribution in [3.63, 3.8) is 0 Å². The molecule has 0 amide bonds. The van der Waals surface area contributed by atoms with Crippen LogP contribution in [0.2, 0.25) is 0 Å². The van der Waals surface area contributed by atoms with E-state index in [0.717, 1.165) is 6.07 Å². The Kier molecular flexibility index (Phi) is 6.78. The molecule has 0 radical (unpaired) electrons. The number of ether oxygens (including phenoxy) is 1. The minimum Gasteiger partial charge on any atom is -0.478 e. The van der Waals surface area contributed by atoms with Crippen molar-refractivity contribution in [1.29, 1.82) is 0 Å². The van der Waals surface area contributed by atoms with E-state index in [-0.39, 0.29) is 35.6 Å². The number of benzene rings is 1. The van der Waals surface area contributed by atoms with Crippen molar-refractivity contribution in [2.75, 3.05) is 13.2 Å². The summed E-state index contributed by atoms with van der Waals surface area (Å²) in [4.78, 5) is 41.4. The fraction of sp³-hybridized carbons (Fsp3) is 0.208. The van der Waals surface area contributed by atoms with E-state index in [2.05, 4.69) is 10.3 Å². The molecule has 10 nitrogen and oxygen atoms in total. The zero-order valence-corrected chi connectivity index (χ0v) is 19.3. The monoisotopic (exact) mass is 495 g/mol. The summed E-state index contributed by atoms with van der Waals surface area (Å²) >= 11 is 5.50. The van der Waals surface area contributed by atoms with E-state index in [1.165, 1.54) is 12.1 Å². The highest BCUT2D eigenvalue weighted by Gasteiger charge is 2.42. The summed E-state index contributed by atoms with van der Waals surface area (Å²) in [5, 5.41) is 22.3. The number of carboxylic acid groups (broad SMARTS) is 2. The number of thiocarbonyl (C=S) groups is 1. The Balaban J connectivity index is 1.75. The van der Waals surface area contributed by atoms with Crippen LogP contribution in [-0.2, 0) is 9.53 Å². The third kappa shape index (κ3) is 4.99. The smallest absolute Gasteiger partial charge is 0.335 e. The first-order valence-electron chi connectivity index (χ1n) is 10.6. The molecule has 11 heteroatoms. The quantitative estimate of drug-likeness (QED) is 0.313. The number of furan rings is 1. The maximum absolute atomic E-state index is 12.3. The van der Waals surface area contributed by atoms with Gasteiger partial charge in [-0.3, -0.25) is 9.78 Å². The van der Waals surface area contributed by atoms with Crippen LogP contribution in [0, 0.1) is 0 Å². The number of nitrogens with one attached hydrogen (secondary N) is 1. The highest BCUT2D eigenvalue weighted by atomic mass is 32.1. The first-order valence-corrected chi connectivity index (χ1v) is 11.0. The lowest BCUT2D eigenvalue weighted by atomic mass is 10.0. The SMILES string of the molecule is CCOC(=O)CN1C(=S)N[C@@H](c2ccccn2)[C@@H]1c1ccc(-c2cc(C(=O)O)cc(C(=O)O)c2)o1. The lowest BCUT2D eigenvalue weighted by Crippen LogP contribution is -2.35. The zero-order chi connectivity index (χ0) is 25.1. The van der Waals surface area contributed by atoms with Crippen LogP contribution >= 0.6 is 12.2 Å². The molecule has 0 bridgehead atoms. The second-order valence-corrected chi connectivity index (χ2v) is 8.06. The minimum atomic E-state index is -1.26. The van der Waals surface area contributed by atoms with E-state index >= 15 is 0 Å². The van der Waals surface area contributed by atoms with Gasteiger partial charge < -0.3 is 29.6 Å². The molecular formula is C24H21N3O7S. The molecule has 0 aliphatic carbocycles. The predicted octanol–water partition coefficient (Wildman–Crippen LogP) is 3.27. The van der Waals surface area contributed by atoms with Gasteiger partial charge in [-0.25, -0.2) is 9.59 Å². The van der Waals surface area contributed by atoms with Crippen molar-refractivity contribution in [3.8, 4) is 11.3 Å². The number of carbonyl (C=O) groups is 3. The highest BCUT2D eigenvalue weighted by molar-refractivity contribution is 7.80. The molecule has 0 unspecified atom stereocenters. The first kappa shape index (κ1) is 23.9. The molecule has 0 spiro atoms. The number of esters is 1.